The van der Waals surface area contributed by atoms with Gasteiger partial charge in [-0.1, -0.05) is 27.2 Å². The van der Waals surface area contributed by atoms with E-state index < -0.39 is 17.5 Å². The van der Waals surface area contributed by atoms with Crippen LogP contribution in [0.2, 0.25) is 0 Å². The molecule has 0 fully saturated rings. The second-order valence-corrected chi connectivity index (χ2v) is 5.00. The highest BCUT2D eigenvalue weighted by Gasteiger charge is 2.35. The average molecular weight is 260 g/mol. The van der Waals surface area contributed by atoms with Gasteiger partial charge in [0.25, 0.3) is 0 Å². The molecule has 1 atom stereocenters. The SMILES string of the molecule is CCCCOC(=O)CO[C@](C)(CC(C)C)C(=O)O. The molecule has 0 aromatic rings. The molecule has 0 aliphatic rings. The van der Waals surface area contributed by atoms with Crippen LogP contribution in [-0.4, -0.2) is 35.9 Å². The van der Waals surface area contributed by atoms with Gasteiger partial charge in [0.15, 0.2) is 5.60 Å². The van der Waals surface area contributed by atoms with Crippen molar-refractivity contribution in [1.82, 2.24) is 0 Å². The van der Waals surface area contributed by atoms with Gasteiger partial charge in [-0.15, -0.1) is 0 Å². The second kappa shape index (κ2) is 8.08. The number of carbonyl (C=O) groups is 2. The van der Waals surface area contributed by atoms with Crippen molar-refractivity contribution in [3.05, 3.63) is 0 Å². The average Bonchev–Trinajstić information content (AvgIpc) is 2.25. The molecule has 0 saturated carbocycles. The van der Waals surface area contributed by atoms with Crippen molar-refractivity contribution in [2.45, 2.75) is 52.6 Å². The Kier molecular flexibility index (Phi) is 7.59. The van der Waals surface area contributed by atoms with Crippen molar-refractivity contribution in [3.8, 4) is 0 Å². The number of hydrogen-bond donors (Lipinski definition) is 1. The number of ether oxygens (including phenoxy) is 2. The van der Waals surface area contributed by atoms with Gasteiger partial charge in [-0.05, 0) is 25.7 Å². The third-order valence-corrected chi connectivity index (χ3v) is 2.52. The molecule has 0 aromatic heterocycles. The summed E-state index contributed by atoms with van der Waals surface area (Å²) in [4.78, 5) is 22.5. The minimum Gasteiger partial charge on any atom is -0.479 e. The summed E-state index contributed by atoms with van der Waals surface area (Å²) in [6, 6.07) is 0. The topological polar surface area (TPSA) is 72.8 Å². The Morgan fingerprint density at radius 1 is 1.33 bits per heavy atom. The van der Waals surface area contributed by atoms with Gasteiger partial charge in [-0.3, -0.25) is 0 Å². The molecule has 18 heavy (non-hydrogen) atoms. The molecule has 0 aromatic carbocycles. The quantitative estimate of drug-likeness (QED) is 0.508. The van der Waals surface area contributed by atoms with Crippen molar-refractivity contribution in [3.63, 3.8) is 0 Å². The van der Waals surface area contributed by atoms with Crippen LogP contribution in [0.3, 0.4) is 0 Å². The van der Waals surface area contributed by atoms with E-state index in [4.69, 9.17) is 14.6 Å². The Morgan fingerprint density at radius 3 is 2.39 bits per heavy atom. The van der Waals surface area contributed by atoms with Crippen LogP contribution in [-0.2, 0) is 19.1 Å². The number of carboxylic acids is 1. The number of unbranched alkanes of at least 4 members (excludes halogenated alkanes) is 1. The van der Waals surface area contributed by atoms with Gasteiger partial charge >= 0.3 is 11.9 Å². The predicted molar refractivity (Wildman–Crippen MR) is 67.3 cm³/mol. The Labute approximate surface area is 108 Å². The van der Waals surface area contributed by atoms with Crippen LogP contribution in [0.1, 0.15) is 47.0 Å². The van der Waals surface area contributed by atoms with Crippen LogP contribution in [0.15, 0.2) is 0 Å². The molecule has 0 saturated heterocycles. The van der Waals surface area contributed by atoms with Crippen molar-refractivity contribution in [2.75, 3.05) is 13.2 Å². The first-order chi connectivity index (χ1) is 8.31. The zero-order valence-electron chi connectivity index (χ0n) is 11.7. The Bertz CT molecular complexity index is 275. The van der Waals surface area contributed by atoms with Gasteiger partial charge in [0.1, 0.15) is 6.61 Å². The summed E-state index contributed by atoms with van der Waals surface area (Å²) in [5, 5.41) is 9.13. The van der Waals surface area contributed by atoms with Gasteiger partial charge in [-0.25, -0.2) is 9.59 Å². The summed E-state index contributed by atoms with van der Waals surface area (Å²) in [6.07, 6.45) is 2.09. The lowest BCUT2D eigenvalue weighted by atomic mass is 9.94. The maximum absolute atomic E-state index is 11.3. The summed E-state index contributed by atoms with van der Waals surface area (Å²) in [6.45, 7) is 7.32. The maximum Gasteiger partial charge on any atom is 0.335 e. The molecule has 5 heteroatoms. The molecule has 1 N–H and O–H groups in total. The standard InChI is InChI=1S/C13H24O5/c1-5-6-7-17-11(14)9-18-13(4,12(15)16)8-10(2)3/h10H,5-9H2,1-4H3,(H,15,16)/t13-/m1/s1. The number of esters is 1. The lowest BCUT2D eigenvalue weighted by molar-refractivity contribution is -0.173. The third-order valence-electron chi connectivity index (χ3n) is 2.52. The largest absolute Gasteiger partial charge is 0.479 e. The predicted octanol–water partition coefficient (Wildman–Crippen LogP) is 2.24. The highest BCUT2D eigenvalue weighted by Crippen LogP contribution is 2.21. The lowest BCUT2D eigenvalue weighted by Gasteiger charge is -2.26. The Morgan fingerprint density at radius 2 is 1.94 bits per heavy atom. The molecular weight excluding hydrogens is 236 g/mol. The molecule has 106 valence electrons. The minimum absolute atomic E-state index is 0.169. The van der Waals surface area contributed by atoms with Crippen molar-refractivity contribution in [2.24, 2.45) is 5.92 Å². The molecule has 0 heterocycles. The first-order valence-electron chi connectivity index (χ1n) is 6.34. The van der Waals surface area contributed by atoms with Gasteiger partial charge in [0.2, 0.25) is 0 Å². The second-order valence-electron chi connectivity index (χ2n) is 5.00. The number of aliphatic carboxylic acids is 1. The number of rotatable bonds is 9. The highest BCUT2D eigenvalue weighted by molar-refractivity contribution is 5.78. The summed E-state index contributed by atoms with van der Waals surface area (Å²) >= 11 is 0. The summed E-state index contributed by atoms with van der Waals surface area (Å²) < 4.78 is 10.1. The fourth-order valence-electron chi connectivity index (χ4n) is 1.58. The van der Waals surface area contributed by atoms with Crippen LogP contribution in [0, 0.1) is 5.92 Å². The smallest absolute Gasteiger partial charge is 0.335 e. The van der Waals surface area contributed by atoms with Crippen LogP contribution >= 0.6 is 0 Å². The van der Waals surface area contributed by atoms with E-state index in [1.54, 1.807) is 0 Å². The van der Waals surface area contributed by atoms with E-state index in [0.717, 1.165) is 12.8 Å². The molecule has 0 aliphatic heterocycles. The van der Waals surface area contributed by atoms with E-state index >= 15 is 0 Å². The van der Waals surface area contributed by atoms with Crippen molar-refractivity contribution < 1.29 is 24.2 Å². The highest BCUT2D eigenvalue weighted by atomic mass is 16.6. The van der Waals surface area contributed by atoms with Crippen molar-refractivity contribution >= 4 is 11.9 Å². The summed E-state index contributed by atoms with van der Waals surface area (Å²) in [7, 11) is 0. The van der Waals surface area contributed by atoms with E-state index in [2.05, 4.69) is 0 Å². The Hall–Kier alpha value is -1.10. The molecule has 0 aliphatic carbocycles. The molecule has 0 amide bonds. The van der Waals surface area contributed by atoms with Gasteiger partial charge in [0, 0.05) is 0 Å². The lowest BCUT2D eigenvalue weighted by Crippen LogP contribution is -2.41. The van der Waals surface area contributed by atoms with Crippen LogP contribution in [0.4, 0.5) is 0 Å². The molecule has 0 radical (unpaired) electrons. The van der Waals surface area contributed by atoms with E-state index in [1.165, 1.54) is 6.92 Å². The van der Waals surface area contributed by atoms with E-state index in [-0.39, 0.29) is 12.5 Å². The summed E-state index contributed by atoms with van der Waals surface area (Å²) in [5.74, 6) is -1.40. The third kappa shape index (κ3) is 6.59. The fourth-order valence-corrected chi connectivity index (χ4v) is 1.58. The molecule has 0 unspecified atom stereocenters. The molecule has 5 nitrogen and oxygen atoms in total. The van der Waals surface area contributed by atoms with Gasteiger partial charge in [-0.2, -0.15) is 0 Å². The number of carbonyl (C=O) groups excluding carboxylic acids is 1. The number of carboxylic acid groups (broad SMARTS) is 1. The van der Waals surface area contributed by atoms with Gasteiger partial charge in [0.05, 0.1) is 6.61 Å². The minimum atomic E-state index is -1.34. The zero-order valence-corrected chi connectivity index (χ0v) is 11.7. The molecule has 0 spiro atoms. The van der Waals surface area contributed by atoms with E-state index in [1.807, 2.05) is 20.8 Å². The fraction of sp³-hybridized carbons (Fsp3) is 0.846. The van der Waals surface area contributed by atoms with Crippen LogP contribution < -0.4 is 0 Å². The first-order valence-corrected chi connectivity index (χ1v) is 6.34. The normalized spacial score (nSPS) is 14.3. The van der Waals surface area contributed by atoms with E-state index in [0.29, 0.717) is 13.0 Å². The zero-order chi connectivity index (χ0) is 14.2. The first kappa shape index (κ1) is 16.9. The van der Waals surface area contributed by atoms with E-state index in [9.17, 15) is 9.59 Å². The number of hydrogen-bond acceptors (Lipinski definition) is 4. The Balaban J connectivity index is 4.19. The molecule has 0 bridgehead atoms. The molecule has 0 rings (SSSR count). The molecular formula is C13H24O5. The van der Waals surface area contributed by atoms with Crippen molar-refractivity contribution in [1.29, 1.82) is 0 Å². The van der Waals surface area contributed by atoms with Gasteiger partial charge < -0.3 is 14.6 Å². The maximum atomic E-state index is 11.3. The monoisotopic (exact) mass is 260 g/mol. The van der Waals surface area contributed by atoms with Crippen LogP contribution in [0.5, 0.6) is 0 Å². The van der Waals surface area contributed by atoms with Crippen LogP contribution in [0.25, 0.3) is 0 Å². The summed E-state index contributed by atoms with van der Waals surface area (Å²) in [5.41, 5.74) is -1.34.